The van der Waals surface area contributed by atoms with Crippen molar-refractivity contribution < 1.29 is 4.39 Å². The van der Waals surface area contributed by atoms with Crippen LogP contribution in [0.2, 0.25) is 0 Å². The minimum Gasteiger partial charge on any atom is -0.397 e. The molecule has 0 saturated heterocycles. The normalized spacial score (nSPS) is 10.1. The van der Waals surface area contributed by atoms with E-state index in [0.29, 0.717) is 5.69 Å². The molecule has 1 aromatic carbocycles. The number of rotatable bonds is 2. The Labute approximate surface area is 85.2 Å². The minimum atomic E-state index is -0.320. The molecule has 0 saturated carbocycles. The van der Waals surface area contributed by atoms with Crippen molar-refractivity contribution in [1.29, 1.82) is 0 Å². The van der Waals surface area contributed by atoms with Crippen LogP contribution in [-0.4, -0.2) is 0 Å². The van der Waals surface area contributed by atoms with Gasteiger partial charge in [-0.15, -0.1) is 11.3 Å². The molecule has 0 radical (unpaired) electrons. The molecule has 3 N–H and O–H groups in total. The molecule has 0 aliphatic carbocycles. The summed E-state index contributed by atoms with van der Waals surface area (Å²) >= 11 is 1.57. The molecule has 72 valence electrons. The Kier molecular flexibility index (Phi) is 2.37. The maximum atomic E-state index is 12.7. The van der Waals surface area contributed by atoms with E-state index in [1.54, 1.807) is 17.4 Å². The first-order chi connectivity index (χ1) is 6.75. The molecule has 0 spiro atoms. The zero-order valence-electron chi connectivity index (χ0n) is 7.33. The van der Waals surface area contributed by atoms with Gasteiger partial charge in [0.25, 0.3) is 0 Å². The number of nitrogens with two attached hydrogens (primary N) is 1. The number of hydrogen-bond donors (Lipinski definition) is 2. The van der Waals surface area contributed by atoms with Crippen LogP contribution in [0, 0.1) is 5.82 Å². The second-order valence-corrected chi connectivity index (χ2v) is 3.78. The molecule has 0 fully saturated rings. The van der Waals surface area contributed by atoms with E-state index < -0.39 is 0 Å². The first-order valence-electron chi connectivity index (χ1n) is 4.11. The highest BCUT2D eigenvalue weighted by Gasteiger charge is 2.01. The Bertz CT molecular complexity index is 426. The van der Waals surface area contributed by atoms with Crippen LogP contribution in [0.1, 0.15) is 0 Å². The van der Waals surface area contributed by atoms with E-state index in [2.05, 4.69) is 5.32 Å². The SMILES string of the molecule is Nc1cc(F)ccc1Nc1cccs1. The summed E-state index contributed by atoms with van der Waals surface area (Å²) in [4.78, 5) is 0. The Hall–Kier alpha value is -1.55. The van der Waals surface area contributed by atoms with Gasteiger partial charge < -0.3 is 11.1 Å². The fourth-order valence-corrected chi connectivity index (χ4v) is 1.76. The van der Waals surface area contributed by atoms with Crippen LogP contribution in [0.3, 0.4) is 0 Å². The predicted octanol–water partition coefficient (Wildman–Crippen LogP) is 3.21. The monoisotopic (exact) mass is 208 g/mol. The van der Waals surface area contributed by atoms with Gasteiger partial charge >= 0.3 is 0 Å². The van der Waals surface area contributed by atoms with Crippen LogP contribution in [-0.2, 0) is 0 Å². The Morgan fingerprint density at radius 2 is 2.14 bits per heavy atom. The standard InChI is InChI=1S/C10H9FN2S/c11-7-3-4-9(8(12)6-7)13-10-2-1-5-14-10/h1-6,13H,12H2. The Balaban J connectivity index is 2.25. The van der Waals surface area contributed by atoms with E-state index in [4.69, 9.17) is 5.73 Å². The molecule has 2 aromatic rings. The lowest BCUT2D eigenvalue weighted by atomic mass is 10.2. The molecule has 0 aliphatic heterocycles. The third-order valence-electron chi connectivity index (χ3n) is 1.79. The van der Waals surface area contributed by atoms with Crippen molar-refractivity contribution in [3.05, 3.63) is 41.5 Å². The van der Waals surface area contributed by atoms with Crippen LogP contribution >= 0.6 is 11.3 Å². The van der Waals surface area contributed by atoms with Crippen LogP contribution in [0.15, 0.2) is 35.7 Å². The largest absolute Gasteiger partial charge is 0.397 e. The minimum absolute atomic E-state index is 0.320. The molecule has 1 heterocycles. The number of nitrogens with one attached hydrogen (secondary N) is 1. The number of nitrogen functional groups attached to an aromatic ring is 1. The summed E-state index contributed by atoms with van der Waals surface area (Å²) in [5.41, 5.74) is 6.79. The third kappa shape index (κ3) is 1.85. The van der Waals surface area contributed by atoms with Crippen molar-refractivity contribution >= 4 is 27.7 Å². The molecule has 0 unspecified atom stereocenters. The van der Waals surface area contributed by atoms with Gasteiger partial charge in [0, 0.05) is 0 Å². The molecule has 2 nitrogen and oxygen atoms in total. The average Bonchev–Trinajstić information content (AvgIpc) is 2.62. The summed E-state index contributed by atoms with van der Waals surface area (Å²) < 4.78 is 12.7. The Morgan fingerprint density at radius 3 is 2.79 bits per heavy atom. The number of anilines is 3. The Morgan fingerprint density at radius 1 is 1.29 bits per heavy atom. The van der Waals surface area contributed by atoms with Gasteiger partial charge in [0.15, 0.2) is 0 Å². The van der Waals surface area contributed by atoms with Crippen molar-refractivity contribution in [2.75, 3.05) is 11.1 Å². The van der Waals surface area contributed by atoms with Crippen LogP contribution in [0.5, 0.6) is 0 Å². The lowest BCUT2D eigenvalue weighted by Crippen LogP contribution is -1.95. The zero-order chi connectivity index (χ0) is 9.97. The lowest BCUT2D eigenvalue weighted by molar-refractivity contribution is 0.628. The summed E-state index contributed by atoms with van der Waals surface area (Å²) in [6, 6.07) is 8.19. The van der Waals surface area contributed by atoms with Gasteiger partial charge in [0.1, 0.15) is 5.82 Å². The van der Waals surface area contributed by atoms with E-state index in [-0.39, 0.29) is 5.82 Å². The maximum Gasteiger partial charge on any atom is 0.125 e. The quantitative estimate of drug-likeness (QED) is 0.744. The van der Waals surface area contributed by atoms with Gasteiger partial charge in [0.2, 0.25) is 0 Å². The smallest absolute Gasteiger partial charge is 0.125 e. The van der Waals surface area contributed by atoms with Crippen molar-refractivity contribution in [3.8, 4) is 0 Å². The second-order valence-electron chi connectivity index (χ2n) is 2.83. The molecular formula is C10H9FN2S. The summed E-state index contributed by atoms with van der Waals surface area (Å²) in [7, 11) is 0. The topological polar surface area (TPSA) is 38.0 Å². The first kappa shape index (κ1) is 9.02. The number of halogens is 1. The molecule has 0 amide bonds. The molecule has 0 bridgehead atoms. The highest BCUT2D eigenvalue weighted by Crippen LogP contribution is 2.26. The third-order valence-corrected chi connectivity index (χ3v) is 2.58. The van der Waals surface area contributed by atoms with Crippen molar-refractivity contribution in [2.24, 2.45) is 0 Å². The number of thiophene rings is 1. The molecule has 0 atom stereocenters. The van der Waals surface area contributed by atoms with E-state index in [1.807, 2.05) is 17.5 Å². The highest BCUT2D eigenvalue weighted by molar-refractivity contribution is 7.14. The van der Waals surface area contributed by atoms with E-state index in [0.717, 1.165) is 10.7 Å². The number of benzene rings is 1. The molecule has 2 rings (SSSR count). The second kappa shape index (κ2) is 3.67. The first-order valence-corrected chi connectivity index (χ1v) is 4.99. The highest BCUT2D eigenvalue weighted by atomic mass is 32.1. The summed E-state index contributed by atoms with van der Waals surface area (Å²) in [5, 5.41) is 6.06. The molecule has 1 aromatic heterocycles. The van der Waals surface area contributed by atoms with Crippen LogP contribution in [0.4, 0.5) is 20.8 Å². The van der Waals surface area contributed by atoms with Gasteiger partial charge in [-0.3, -0.25) is 0 Å². The van der Waals surface area contributed by atoms with Crippen molar-refractivity contribution in [2.45, 2.75) is 0 Å². The van der Waals surface area contributed by atoms with Gasteiger partial charge in [0.05, 0.1) is 16.4 Å². The van der Waals surface area contributed by atoms with Gasteiger partial charge in [-0.2, -0.15) is 0 Å². The van der Waals surface area contributed by atoms with Crippen molar-refractivity contribution in [3.63, 3.8) is 0 Å². The molecule has 14 heavy (non-hydrogen) atoms. The fraction of sp³-hybridized carbons (Fsp3) is 0. The van der Waals surface area contributed by atoms with Crippen molar-refractivity contribution in [1.82, 2.24) is 0 Å². The molecule has 0 aliphatic rings. The molecular weight excluding hydrogens is 199 g/mol. The average molecular weight is 208 g/mol. The van der Waals surface area contributed by atoms with E-state index in [9.17, 15) is 4.39 Å². The van der Waals surface area contributed by atoms with Crippen LogP contribution < -0.4 is 11.1 Å². The zero-order valence-corrected chi connectivity index (χ0v) is 8.14. The lowest BCUT2D eigenvalue weighted by Gasteiger charge is -2.06. The maximum absolute atomic E-state index is 12.7. The van der Waals surface area contributed by atoms with E-state index in [1.165, 1.54) is 12.1 Å². The van der Waals surface area contributed by atoms with Crippen LogP contribution in [0.25, 0.3) is 0 Å². The van der Waals surface area contributed by atoms with Gasteiger partial charge in [-0.1, -0.05) is 0 Å². The van der Waals surface area contributed by atoms with E-state index >= 15 is 0 Å². The summed E-state index contributed by atoms with van der Waals surface area (Å²) in [5.74, 6) is -0.320. The number of hydrogen-bond acceptors (Lipinski definition) is 3. The van der Waals surface area contributed by atoms with Gasteiger partial charge in [-0.25, -0.2) is 4.39 Å². The van der Waals surface area contributed by atoms with Gasteiger partial charge in [-0.05, 0) is 35.7 Å². The fourth-order valence-electron chi connectivity index (χ4n) is 1.13. The molecule has 4 heteroatoms. The summed E-state index contributed by atoms with van der Waals surface area (Å²) in [6.07, 6.45) is 0. The summed E-state index contributed by atoms with van der Waals surface area (Å²) in [6.45, 7) is 0. The predicted molar refractivity (Wildman–Crippen MR) is 58.4 cm³/mol.